The van der Waals surface area contributed by atoms with Crippen molar-refractivity contribution in [1.82, 2.24) is 10.3 Å². The number of rotatable bonds is 7. The lowest BCUT2D eigenvalue weighted by molar-refractivity contribution is 0.108. The number of hydrogen-bond acceptors (Lipinski definition) is 5. The van der Waals surface area contributed by atoms with Gasteiger partial charge in [0.1, 0.15) is 12.4 Å². The molecule has 5 rings (SSSR count). The van der Waals surface area contributed by atoms with Crippen LogP contribution < -0.4 is 10.1 Å². The molecule has 1 heterocycles. The Kier molecular flexibility index (Phi) is 6.69. The molecule has 1 aliphatic rings. The van der Waals surface area contributed by atoms with E-state index in [1.54, 1.807) is 30.3 Å². The summed E-state index contributed by atoms with van der Waals surface area (Å²) in [5, 5.41) is 2.24. The molecule has 4 aromatic rings. The molecule has 0 aliphatic heterocycles. The molecule has 36 heavy (non-hydrogen) atoms. The van der Waals surface area contributed by atoms with Gasteiger partial charge in [0.2, 0.25) is 5.88 Å². The summed E-state index contributed by atoms with van der Waals surface area (Å²) in [7, 11) is 0. The van der Waals surface area contributed by atoms with Crippen LogP contribution in [-0.2, 0) is 11.3 Å². The van der Waals surface area contributed by atoms with Gasteiger partial charge in [-0.15, -0.1) is 0 Å². The van der Waals surface area contributed by atoms with Crippen LogP contribution in [0.15, 0.2) is 84.9 Å². The van der Waals surface area contributed by atoms with Crippen LogP contribution in [0.3, 0.4) is 0 Å². The van der Waals surface area contributed by atoms with Crippen molar-refractivity contribution in [3.8, 4) is 22.8 Å². The van der Waals surface area contributed by atoms with E-state index in [4.69, 9.17) is 21.1 Å². The number of amides is 1. The molecule has 0 spiro atoms. The fourth-order valence-corrected chi connectivity index (χ4v) is 4.61. The van der Waals surface area contributed by atoms with Crippen molar-refractivity contribution in [2.24, 2.45) is 0 Å². The molecular weight excluding hydrogens is 476 g/mol. The highest BCUT2D eigenvalue weighted by Crippen LogP contribution is 2.44. The summed E-state index contributed by atoms with van der Waals surface area (Å²) in [6.07, 6.45) is -0.498. The second-order valence-corrected chi connectivity index (χ2v) is 8.88. The lowest BCUT2D eigenvalue weighted by atomic mass is 9.98. The summed E-state index contributed by atoms with van der Waals surface area (Å²) in [6.45, 7) is 2.33. The van der Waals surface area contributed by atoms with Gasteiger partial charge in [-0.3, -0.25) is 4.79 Å². The number of alkyl carbamates (subject to hydrolysis) is 1. The largest absolute Gasteiger partial charge is 0.449 e. The van der Waals surface area contributed by atoms with Crippen LogP contribution in [0.1, 0.15) is 38.7 Å². The summed E-state index contributed by atoms with van der Waals surface area (Å²) < 4.78 is 11.4. The molecule has 0 saturated heterocycles. The Bertz CT molecular complexity index is 1410. The highest BCUT2D eigenvalue weighted by Gasteiger charge is 2.28. The smallest absolute Gasteiger partial charge is 0.407 e. The highest BCUT2D eigenvalue weighted by molar-refractivity contribution is 6.67. The lowest BCUT2D eigenvalue weighted by Crippen LogP contribution is -2.25. The van der Waals surface area contributed by atoms with Gasteiger partial charge in [0, 0.05) is 29.8 Å². The zero-order chi connectivity index (χ0) is 25.1. The maximum absolute atomic E-state index is 12.5. The average molecular weight is 499 g/mol. The van der Waals surface area contributed by atoms with E-state index in [9.17, 15) is 9.59 Å². The van der Waals surface area contributed by atoms with Crippen LogP contribution in [-0.4, -0.2) is 22.9 Å². The van der Waals surface area contributed by atoms with Gasteiger partial charge < -0.3 is 14.8 Å². The van der Waals surface area contributed by atoms with Crippen LogP contribution in [0.5, 0.6) is 11.6 Å². The molecule has 0 unspecified atom stereocenters. The third-order valence-electron chi connectivity index (χ3n) is 6.05. The fraction of sp³-hybridized carbons (Fsp3) is 0.138. The molecule has 3 aromatic carbocycles. The molecule has 6 nitrogen and oxygen atoms in total. The summed E-state index contributed by atoms with van der Waals surface area (Å²) in [5.41, 5.74) is 6.55. The van der Waals surface area contributed by atoms with Crippen molar-refractivity contribution in [2.75, 3.05) is 6.61 Å². The molecular formula is C29H23ClN2O4. The van der Waals surface area contributed by atoms with Crippen LogP contribution in [0.25, 0.3) is 11.1 Å². The number of carbonyl (C=O) groups is 2. The first-order chi connectivity index (χ1) is 17.5. The minimum atomic E-state index is -0.564. The number of hydrogen-bond donors (Lipinski definition) is 1. The van der Waals surface area contributed by atoms with Gasteiger partial charge in [-0.05, 0) is 70.6 Å². The normalized spacial score (nSPS) is 11.9. The van der Waals surface area contributed by atoms with E-state index in [1.165, 1.54) is 11.1 Å². The topological polar surface area (TPSA) is 77.5 Å². The number of fused-ring (bicyclic) bond motifs is 3. The van der Waals surface area contributed by atoms with Crippen LogP contribution in [0.4, 0.5) is 4.79 Å². The molecule has 0 atom stereocenters. The number of aryl methyl sites for hydroxylation is 1. The molecule has 0 fully saturated rings. The number of halogens is 1. The number of nitrogens with zero attached hydrogens (tertiary/aromatic N) is 1. The monoisotopic (exact) mass is 498 g/mol. The molecule has 0 bridgehead atoms. The predicted molar refractivity (Wildman–Crippen MR) is 138 cm³/mol. The Hall–Kier alpha value is -4.16. The maximum atomic E-state index is 12.5. The zero-order valence-electron chi connectivity index (χ0n) is 19.5. The van der Waals surface area contributed by atoms with Gasteiger partial charge in [0.05, 0.1) is 0 Å². The molecule has 1 N–H and O–H groups in total. The third kappa shape index (κ3) is 5.09. The first-order valence-corrected chi connectivity index (χ1v) is 11.9. The number of aromatic nitrogens is 1. The second kappa shape index (κ2) is 10.2. The van der Waals surface area contributed by atoms with Crippen LogP contribution >= 0.6 is 11.6 Å². The molecule has 0 radical (unpaired) electrons. The number of carbonyl (C=O) groups excluding carboxylic acids is 2. The van der Waals surface area contributed by atoms with Gasteiger partial charge in [-0.2, -0.15) is 0 Å². The van der Waals surface area contributed by atoms with Crippen LogP contribution in [0, 0.1) is 6.92 Å². The number of ether oxygens (including phenoxy) is 2. The van der Waals surface area contributed by atoms with Crippen molar-refractivity contribution >= 4 is 22.9 Å². The van der Waals surface area contributed by atoms with Crippen LogP contribution in [0.2, 0.25) is 0 Å². The summed E-state index contributed by atoms with van der Waals surface area (Å²) >= 11 is 5.55. The minimum Gasteiger partial charge on any atom is -0.449 e. The van der Waals surface area contributed by atoms with E-state index in [2.05, 4.69) is 34.6 Å². The zero-order valence-corrected chi connectivity index (χ0v) is 20.3. The van der Waals surface area contributed by atoms with E-state index in [0.29, 0.717) is 17.2 Å². The Morgan fingerprint density at radius 1 is 0.917 bits per heavy atom. The Morgan fingerprint density at radius 2 is 1.61 bits per heavy atom. The molecule has 0 saturated carbocycles. The van der Waals surface area contributed by atoms with Crippen molar-refractivity contribution in [3.63, 3.8) is 0 Å². The number of pyridine rings is 1. The summed E-state index contributed by atoms with van der Waals surface area (Å²) in [4.78, 5) is 28.3. The van der Waals surface area contributed by atoms with Gasteiger partial charge >= 0.3 is 6.09 Å². The van der Waals surface area contributed by atoms with Gasteiger partial charge in [-0.1, -0.05) is 54.6 Å². The van der Waals surface area contributed by atoms with Gasteiger partial charge in [-0.25, -0.2) is 9.78 Å². The average Bonchev–Trinajstić information content (AvgIpc) is 3.20. The van der Waals surface area contributed by atoms with Gasteiger partial charge in [0.25, 0.3) is 5.24 Å². The third-order valence-corrected chi connectivity index (χ3v) is 6.27. The van der Waals surface area contributed by atoms with E-state index >= 15 is 0 Å². The first-order valence-electron chi connectivity index (χ1n) is 11.5. The molecule has 1 aliphatic carbocycles. The Balaban J connectivity index is 1.21. The first kappa shape index (κ1) is 23.6. The highest BCUT2D eigenvalue weighted by atomic mass is 35.5. The number of nitrogens with one attached hydrogen (secondary N) is 1. The van der Waals surface area contributed by atoms with E-state index in [1.807, 2.05) is 37.3 Å². The SMILES string of the molecule is Cc1cc(CNC(=O)OCC2c3ccccc3-c3ccccc32)cc(Oc2cccc(C(=O)Cl)c2)n1. The molecule has 180 valence electrons. The number of benzene rings is 3. The van der Waals surface area contributed by atoms with E-state index in [0.717, 1.165) is 22.4 Å². The van der Waals surface area contributed by atoms with Crippen molar-refractivity contribution in [1.29, 1.82) is 0 Å². The van der Waals surface area contributed by atoms with E-state index in [-0.39, 0.29) is 19.1 Å². The minimum absolute atomic E-state index is 0.00181. The van der Waals surface area contributed by atoms with E-state index < -0.39 is 11.3 Å². The molecule has 7 heteroatoms. The van der Waals surface area contributed by atoms with Crippen molar-refractivity contribution in [2.45, 2.75) is 19.4 Å². The standard InChI is InChI=1S/C29H23ClN2O4/c1-18-13-19(14-27(32-18)36-21-8-6-7-20(15-21)28(30)33)16-31-29(34)35-17-26-24-11-4-2-9-22(24)23-10-3-5-12-25(23)26/h2-15,26H,16-17H2,1H3,(H,31,34). The lowest BCUT2D eigenvalue weighted by Gasteiger charge is -2.15. The Morgan fingerprint density at radius 3 is 2.31 bits per heavy atom. The predicted octanol–water partition coefficient (Wildman–Crippen LogP) is 6.60. The quantitative estimate of drug-likeness (QED) is 0.290. The van der Waals surface area contributed by atoms with Crippen molar-refractivity contribution < 1.29 is 19.1 Å². The molecule has 1 amide bonds. The fourth-order valence-electron chi connectivity index (χ4n) is 4.49. The van der Waals surface area contributed by atoms with Crippen molar-refractivity contribution in [3.05, 3.63) is 113 Å². The van der Waals surface area contributed by atoms with Gasteiger partial charge in [0.15, 0.2) is 0 Å². The second-order valence-electron chi connectivity index (χ2n) is 8.54. The maximum Gasteiger partial charge on any atom is 0.407 e. The summed E-state index contributed by atoms with van der Waals surface area (Å²) in [5.74, 6) is 0.788. The summed E-state index contributed by atoms with van der Waals surface area (Å²) in [6, 6.07) is 26.6. The molecule has 1 aromatic heterocycles. The Labute approximate surface area is 213 Å².